The van der Waals surface area contributed by atoms with Crippen molar-refractivity contribution in [2.75, 3.05) is 11.9 Å². The first-order valence-electron chi connectivity index (χ1n) is 14.1. The summed E-state index contributed by atoms with van der Waals surface area (Å²) in [7, 11) is 0. The third-order valence-corrected chi connectivity index (χ3v) is 7.04. The van der Waals surface area contributed by atoms with E-state index in [0.29, 0.717) is 11.3 Å². The molecule has 0 spiro atoms. The van der Waals surface area contributed by atoms with Crippen LogP contribution in [0.15, 0.2) is 72.8 Å². The quantitative estimate of drug-likeness (QED) is 0.281. The molecule has 43 heavy (non-hydrogen) atoms. The number of nitrogens with two attached hydrogens (primary N) is 1. The summed E-state index contributed by atoms with van der Waals surface area (Å²) < 4.78 is 10.9. The minimum absolute atomic E-state index is 0.0550. The molecular weight excluding hydrogens is 548 g/mol. The molecule has 4 rings (SSSR count). The summed E-state index contributed by atoms with van der Waals surface area (Å²) in [5.74, 6) is -1.38. The fourth-order valence-corrected chi connectivity index (χ4v) is 4.83. The molecule has 1 aliphatic carbocycles. The topological polar surface area (TPSA) is 149 Å². The van der Waals surface area contributed by atoms with Gasteiger partial charge in [-0.2, -0.15) is 0 Å². The number of nitrogens with one attached hydrogen (secondary N) is 3. The van der Waals surface area contributed by atoms with E-state index in [0.717, 1.165) is 22.3 Å². The van der Waals surface area contributed by atoms with Gasteiger partial charge < -0.3 is 25.8 Å². The van der Waals surface area contributed by atoms with E-state index in [9.17, 15) is 19.2 Å². The molecule has 0 saturated heterocycles. The van der Waals surface area contributed by atoms with Gasteiger partial charge in [0.1, 0.15) is 23.8 Å². The molecule has 5 N–H and O–H groups in total. The second-order valence-corrected chi connectivity index (χ2v) is 12.0. The predicted octanol–water partition coefficient (Wildman–Crippen LogP) is 4.86. The maximum atomic E-state index is 13.1. The van der Waals surface area contributed by atoms with Crippen molar-refractivity contribution in [1.29, 1.82) is 0 Å². The number of carbonyl (C=O) groups is 4. The lowest BCUT2D eigenvalue weighted by Crippen LogP contribution is -2.59. The first kappa shape index (κ1) is 31.1. The van der Waals surface area contributed by atoms with Crippen molar-refractivity contribution in [1.82, 2.24) is 10.6 Å². The van der Waals surface area contributed by atoms with Crippen LogP contribution >= 0.6 is 0 Å². The van der Waals surface area contributed by atoms with Crippen molar-refractivity contribution < 1.29 is 28.7 Å². The predicted molar refractivity (Wildman–Crippen MR) is 163 cm³/mol. The zero-order chi connectivity index (χ0) is 31.4. The number of fused-ring (bicyclic) bond motifs is 3. The Morgan fingerprint density at radius 1 is 0.814 bits per heavy atom. The van der Waals surface area contributed by atoms with Crippen molar-refractivity contribution in [3.63, 3.8) is 0 Å². The number of carbonyl (C=O) groups excluding carboxylic acids is 4. The van der Waals surface area contributed by atoms with E-state index in [2.05, 4.69) is 40.2 Å². The van der Waals surface area contributed by atoms with Gasteiger partial charge in [0.25, 0.3) is 0 Å². The number of amides is 4. The lowest BCUT2D eigenvalue weighted by atomic mass is 9.98. The Hall–Kier alpha value is -4.86. The molecule has 0 aromatic heterocycles. The summed E-state index contributed by atoms with van der Waals surface area (Å²) in [6, 6.07) is 21.9. The average Bonchev–Trinajstić information content (AvgIpc) is 3.25. The second kappa shape index (κ2) is 12.6. The van der Waals surface area contributed by atoms with Crippen LogP contribution < -0.4 is 21.7 Å². The van der Waals surface area contributed by atoms with Crippen LogP contribution in [-0.2, 0) is 25.5 Å². The smallest absolute Gasteiger partial charge is 0.411 e. The van der Waals surface area contributed by atoms with Crippen LogP contribution in [0.25, 0.3) is 11.1 Å². The van der Waals surface area contributed by atoms with E-state index in [1.807, 2.05) is 24.3 Å². The van der Waals surface area contributed by atoms with Gasteiger partial charge in [-0.25, -0.2) is 9.59 Å². The Balaban J connectivity index is 1.38. The van der Waals surface area contributed by atoms with Gasteiger partial charge in [0.15, 0.2) is 0 Å². The monoisotopic (exact) mass is 586 g/mol. The van der Waals surface area contributed by atoms with Crippen molar-refractivity contribution in [2.24, 2.45) is 5.73 Å². The van der Waals surface area contributed by atoms with Gasteiger partial charge in [0.05, 0.1) is 0 Å². The molecule has 1 aliphatic rings. The third kappa shape index (κ3) is 7.91. The molecule has 10 heteroatoms. The number of anilines is 1. The van der Waals surface area contributed by atoms with Crippen molar-refractivity contribution in [3.05, 3.63) is 89.5 Å². The van der Waals surface area contributed by atoms with E-state index in [4.69, 9.17) is 15.2 Å². The third-order valence-electron chi connectivity index (χ3n) is 7.04. The molecule has 3 aromatic rings. The molecule has 0 bridgehead atoms. The molecule has 0 unspecified atom stereocenters. The maximum absolute atomic E-state index is 13.1. The summed E-state index contributed by atoms with van der Waals surface area (Å²) in [6.07, 6.45) is -1.28. The van der Waals surface area contributed by atoms with Crippen LogP contribution in [0.2, 0.25) is 0 Å². The first-order valence-corrected chi connectivity index (χ1v) is 14.1. The highest BCUT2D eigenvalue weighted by molar-refractivity contribution is 5.93. The highest BCUT2D eigenvalue weighted by atomic mass is 16.6. The zero-order valence-corrected chi connectivity index (χ0v) is 25.0. The Morgan fingerprint density at radius 2 is 1.37 bits per heavy atom. The fraction of sp³-hybridized carbons (Fsp3) is 0.333. The molecule has 10 nitrogen and oxygen atoms in total. The average molecular weight is 587 g/mol. The summed E-state index contributed by atoms with van der Waals surface area (Å²) >= 11 is 0. The highest BCUT2D eigenvalue weighted by Gasteiger charge is 2.32. The number of primary amides is 1. The van der Waals surface area contributed by atoms with Crippen LogP contribution in [0.1, 0.15) is 57.2 Å². The normalized spacial score (nSPS) is 13.2. The maximum Gasteiger partial charge on any atom is 0.411 e. The zero-order valence-electron chi connectivity index (χ0n) is 25.0. The molecular formula is C33H38N4O6. The van der Waals surface area contributed by atoms with E-state index in [-0.39, 0.29) is 18.9 Å². The SMILES string of the molecule is CC(C)(C)OC(=O)N[C@@H](Cc1ccc(NC(=O)OCC2c3ccccc3-c3ccccc32)cc1)C(=O)NC(C)(C)C(N)=O. The van der Waals surface area contributed by atoms with Crippen molar-refractivity contribution >= 4 is 29.7 Å². The summed E-state index contributed by atoms with van der Waals surface area (Å²) in [5, 5.41) is 7.88. The first-order chi connectivity index (χ1) is 20.2. The van der Waals surface area contributed by atoms with E-state index in [1.54, 1.807) is 45.0 Å². The molecule has 4 amide bonds. The van der Waals surface area contributed by atoms with Gasteiger partial charge in [0.2, 0.25) is 11.8 Å². The van der Waals surface area contributed by atoms with Gasteiger partial charge in [-0.3, -0.25) is 14.9 Å². The molecule has 0 aliphatic heterocycles. The lowest BCUT2D eigenvalue weighted by molar-refractivity contribution is -0.131. The number of hydrogen-bond acceptors (Lipinski definition) is 6. The largest absolute Gasteiger partial charge is 0.448 e. The van der Waals surface area contributed by atoms with Gasteiger partial charge >= 0.3 is 12.2 Å². The molecule has 0 heterocycles. The lowest BCUT2D eigenvalue weighted by Gasteiger charge is -2.27. The number of rotatable bonds is 9. The van der Waals surface area contributed by atoms with Gasteiger partial charge in [-0.05, 0) is 74.6 Å². The fourth-order valence-electron chi connectivity index (χ4n) is 4.83. The van der Waals surface area contributed by atoms with Crippen LogP contribution in [0.4, 0.5) is 15.3 Å². The molecule has 226 valence electrons. The molecule has 1 atom stereocenters. The van der Waals surface area contributed by atoms with Crippen LogP contribution in [0.5, 0.6) is 0 Å². The van der Waals surface area contributed by atoms with Gasteiger partial charge in [-0.15, -0.1) is 0 Å². The summed E-state index contributed by atoms with van der Waals surface area (Å²) in [5.41, 5.74) is 9.02. The van der Waals surface area contributed by atoms with E-state index < -0.39 is 41.2 Å². The standard InChI is InChI=1S/C33H38N4O6/c1-32(2,3)43-31(41)36-27(28(38)37-33(4,5)29(34)39)18-20-14-16-21(17-15-20)35-30(40)42-19-26-24-12-8-6-10-22(24)23-11-7-9-13-25(23)26/h6-17,26-27H,18-19H2,1-5H3,(H2,34,39)(H,35,40)(H,36,41)(H,37,38)/t27-/m0/s1. The van der Waals surface area contributed by atoms with E-state index >= 15 is 0 Å². The number of hydrogen-bond donors (Lipinski definition) is 4. The van der Waals surface area contributed by atoms with Crippen LogP contribution in [0.3, 0.4) is 0 Å². The van der Waals surface area contributed by atoms with Gasteiger partial charge in [0, 0.05) is 18.0 Å². The molecule has 0 radical (unpaired) electrons. The van der Waals surface area contributed by atoms with Crippen molar-refractivity contribution in [2.45, 2.75) is 64.1 Å². The Kier molecular flexibility index (Phi) is 9.08. The number of ether oxygens (including phenoxy) is 2. The van der Waals surface area contributed by atoms with Crippen molar-refractivity contribution in [3.8, 4) is 11.1 Å². The van der Waals surface area contributed by atoms with Crippen LogP contribution in [0, 0.1) is 0 Å². The minimum atomic E-state index is -1.33. The summed E-state index contributed by atoms with van der Waals surface area (Å²) in [4.78, 5) is 50.0. The Labute approximate surface area is 251 Å². The van der Waals surface area contributed by atoms with Crippen LogP contribution in [-0.4, -0.2) is 47.8 Å². The summed E-state index contributed by atoms with van der Waals surface area (Å²) in [6.45, 7) is 8.26. The minimum Gasteiger partial charge on any atom is -0.448 e. The number of benzene rings is 3. The molecule has 0 saturated carbocycles. The highest BCUT2D eigenvalue weighted by Crippen LogP contribution is 2.44. The second-order valence-electron chi connectivity index (χ2n) is 12.0. The number of alkyl carbamates (subject to hydrolysis) is 1. The Morgan fingerprint density at radius 3 is 1.91 bits per heavy atom. The van der Waals surface area contributed by atoms with Gasteiger partial charge in [-0.1, -0.05) is 60.7 Å². The Bertz CT molecular complexity index is 1460. The molecule has 0 fully saturated rings. The molecule has 3 aromatic carbocycles. The van der Waals surface area contributed by atoms with E-state index in [1.165, 1.54) is 13.8 Å².